The molecule has 2 aromatic rings. The topological polar surface area (TPSA) is 49.8 Å². The number of thiocarbonyl (C=S) groups is 1. The molecule has 2 aromatic heterocycles. The number of anilines is 1. The Balaban J connectivity index is 1.58. The van der Waals surface area contributed by atoms with E-state index in [1.807, 2.05) is 19.1 Å². The lowest BCUT2D eigenvalue weighted by Crippen LogP contribution is -2.31. The van der Waals surface area contributed by atoms with Crippen molar-refractivity contribution in [2.75, 3.05) is 5.32 Å². The van der Waals surface area contributed by atoms with Gasteiger partial charge in [-0.3, -0.25) is 4.98 Å². The summed E-state index contributed by atoms with van der Waals surface area (Å²) in [7, 11) is 0. The van der Waals surface area contributed by atoms with E-state index in [0.29, 0.717) is 10.8 Å². The summed E-state index contributed by atoms with van der Waals surface area (Å²) in [5.41, 5.74) is 1.52. The minimum absolute atomic E-state index is 0.0794. The van der Waals surface area contributed by atoms with Crippen molar-refractivity contribution in [3.63, 3.8) is 0 Å². The molecular weight excluding hydrogens is 287 g/mol. The van der Waals surface area contributed by atoms with Gasteiger partial charge in [-0.15, -0.1) is 0 Å². The van der Waals surface area contributed by atoms with Crippen molar-refractivity contribution >= 4 is 23.1 Å². The average Bonchev–Trinajstić information content (AvgIpc) is 3.21. The zero-order chi connectivity index (χ0) is 14.8. The van der Waals surface area contributed by atoms with Crippen molar-refractivity contribution in [2.24, 2.45) is 0 Å². The zero-order valence-corrected chi connectivity index (χ0v) is 12.3. The Labute approximate surface area is 127 Å². The van der Waals surface area contributed by atoms with Gasteiger partial charge in [-0.1, -0.05) is 6.07 Å². The summed E-state index contributed by atoms with van der Waals surface area (Å²) in [4.78, 5) is 8.33. The summed E-state index contributed by atoms with van der Waals surface area (Å²) in [6, 6.07) is 6.99. The summed E-state index contributed by atoms with van der Waals surface area (Å²) in [6.45, 7) is 1.96. The van der Waals surface area contributed by atoms with E-state index >= 15 is 0 Å². The first kappa shape index (κ1) is 13.9. The van der Waals surface area contributed by atoms with E-state index in [1.54, 1.807) is 18.5 Å². The Bertz CT molecular complexity index is 676. The Hall–Kier alpha value is -2.08. The average molecular weight is 302 g/mol. The second kappa shape index (κ2) is 5.73. The molecule has 0 bridgehead atoms. The first-order valence-corrected chi connectivity index (χ1v) is 7.15. The quantitative estimate of drug-likeness (QED) is 0.854. The molecule has 4 nitrogen and oxygen atoms in total. The van der Waals surface area contributed by atoms with Crippen molar-refractivity contribution in [1.82, 2.24) is 15.3 Å². The molecule has 0 aromatic carbocycles. The van der Waals surface area contributed by atoms with Crippen molar-refractivity contribution in [3.05, 3.63) is 53.7 Å². The van der Waals surface area contributed by atoms with Crippen LogP contribution in [0.3, 0.4) is 0 Å². The van der Waals surface area contributed by atoms with Crippen LogP contribution in [0.15, 0.2) is 36.7 Å². The summed E-state index contributed by atoms with van der Waals surface area (Å²) >= 11 is 5.27. The molecule has 1 saturated carbocycles. The fraction of sp³-hybridized carbons (Fsp3) is 0.267. The summed E-state index contributed by atoms with van der Waals surface area (Å²) in [5, 5.41) is 6.74. The standard InChI is InChI=1S/C15H15FN4S/c1-9-4-2-7-18-14(9)20-15(21)19-12-8-10(12)13-11(16)5-3-6-17-13/h2-7,10,12H,8H2,1H3,(H2,18,19,20,21). The first-order valence-electron chi connectivity index (χ1n) is 6.74. The highest BCUT2D eigenvalue weighted by Crippen LogP contribution is 2.40. The molecule has 0 amide bonds. The van der Waals surface area contributed by atoms with E-state index in [1.165, 1.54) is 6.07 Å². The molecule has 2 N–H and O–H groups in total. The lowest BCUT2D eigenvalue weighted by Gasteiger charge is -2.11. The molecule has 1 aliphatic carbocycles. The van der Waals surface area contributed by atoms with Gasteiger partial charge in [0.1, 0.15) is 11.6 Å². The highest BCUT2D eigenvalue weighted by molar-refractivity contribution is 7.80. The van der Waals surface area contributed by atoms with Gasteiger partial charge in [-0.2, -0.15) is 0 Å². The van der Waals surface area contributed by atoms with Crippen LogP contribution in [0, 0.1) is 12.7 Å². The monoisotopic (exact) mass is 302 g/mol. The Morgan fingerprint density at radius 2 is 2.05 bits per heavy atom. The molecule has 2 heterocycles. The van der Waals surface area contributed by atoms with Crippen LogP contribution in [-0.2, 0) is 0 Å². The molecule has 2 atom stereocenters. The number of rotatable bonds is 3. The predicted octanol–water partition coefficient (Wildman–Crippen LogP) is 2.77. The minimum atomic E-state index is -0.258. The number of hydrogen-bond donors (Lipinski definition) is 2. The number of aryl methyl sites for hydroxylation is 1. The molecule has 21 heavy (non-hydrogen) atoms. The van der Waals surface area contributed by atoms with Crippen LogP contribution in [0.5, 0.6) is 0 Å². The molecule has 6 heteroatoms. The number of pyridine rings is 2. The number of hydrogen-bond acceptors (Lipinski definition) is 3. The minimum Gasteiger partial charge on any atom is -0.359 e. The van der Waals surface area contributed by atoms with Crippen LogP contribution >= 0.6 is 12.2 Å². The maximum Gasteiger partial charge on any atom is 0.172 e. The molecule has 3 rings (SSSR count). The normalized spacial score (nSPS) is 19.9. The molecule has 0 spiro atoms. The van der Waals surface area contributed by atoms with Gasteiger partial charge < -0.3 is 10.6 Å². The lowest BCUT2D eigenvalue weighted by atomic mass is 10.2. The number of halogens is 1. The van der Waals surface area contributed by atoms with Gasteiger partial charge in [0.2, 0.25) is 0 Å². The molecule has 2 unspecified atom stereocenters. The second-order valence-electron chi connectivity index (χ2n) is 5.09. The summed E-state index contributed by atoms with van der Waals surface area (Å²) in [5.74, 6) is 0.554. The van der Waals surface area contributed by atoms with E-state index in [2.05, 4.69) is 20.6 Å². The first-order chi connectivity index (χ1) is 10.1. The van der Waals surface area contributed by atoms with Crippen molar-refractivity contribution in [1.29, 1.82) is 0 Å². The lowest BCUT2D eigenvalue weighted by molar-refractivity contribution is 0.597. The van der Waals surface area contributed by atoms with E-state index in [4.69, 9.17) is 12.2 Å². The van der Waals surface area contributed by atoms with Gasteiger partial charge in [-0.05, 0) is 49.3 Å². The molecular formula is C15H15FN4S. The van der Waals surface area contributed by atoms with Crippen LogP contribution in [0.1, 0.15) is 23.6 Å². The van der Waals surface area contributed by atoms with E-state index in [9.17, 15) is 4.39 Å². The van der Waals surface area contributed by atoms with Gasteiger partial charge in [0.15, 0.2) is 5.11 Å². The number of nitrogens with one attached hydrogen (secondary N) is 2. The smallest absolute Gasteiger partial charge is 0.172 e. The second-order valence-corrected chi connectivity index (χ2v) is 5.49. The van der Waals surface area contributed by atoms with Gasteiger partial charge in [-0.25, -0.2) is 9.37 Å². The molecule has 0 saturated heterocycles. The van der Waals surface area contributed by atoms with Crippen LogP contribution in [-0.4, -0.2) is 21.1 Å². The van der Waals surface area contributed by atoms with Gasteiger partial charge in [0.25, 0.3) is 0 Å². The van der Waals surface area contributed by atoms with E-state index in [-0.39, 0.29) is 17.8 Å². The molecule has 0 aliphatic heterocycles. The van der Waals surface area contributed by atoms with Crippen molar-refractivity contribution in [2.45, 2.75) is 25.3 Å². The largest absolute Gasteiger partial charge is 0.359 e. The predicted molar refractivity (Wildman–Crippen MR) is 83.7 cm³/mol. The zero-order valence-electron chi connectivity index (χ0n) is 11.5. The van der Waals surface area contributed by atoms with Crippen LogP contribution in [0.25, 0.3) is 0 Å². The van der Waals surface area contributed by atoms with Crippen LogP contribution in [0.2, 0.25) is 0 Å². The third-order valence-corrected chi connectivity index (χ3v) is 3.71. The van der Waals surface area contributed by atoms with E-state index < -0.39 is 0 Å². The summed E-state index contributed by atoms with van der Waals surface area (Å²) in [6.07, 6.45) is 4.15. The van der Waals surface area contributed by atoms with Crippen LogP contribution in [0.4, 0.5) is 10.2 Å². The van der Waals surface area contributed by atoms with Crippen molar-refractivity contribution < 1.29 is 4.39 Å². The Morgan fingerprint density at radius 3 is 2.81 bits per heavy atom. The van der Waals surface area contributed by atoms with Gasteiger partial charge in [0, 0.05) is 24.4 Å². The fourth-order valence-electron chi connectivity index (χ4n) is 2.26. The summed E-state index contributed by atoms with van der Waals surface area (Å²) < 4.78 is 13.6. The van der Waals surface area contributed by atoms with Crippen LogP contribution < -0.4 is 10.6 Å². The highest BCUT2D eigenvalue weighted by atomic mass is 32.1. The maximum absolute atomic E-state index is 13.6. The Kier molecular flexibility index (Phi) is 3.79. The third kappa shape index (κ3) is 3.16. The molecule has 108 valence electrons. The Morgan fingerprint density at radius 1 is 1.29 bits per heavy atom. The molecule has 1 fully saturated rings. The number of aromatic nitrogens is 2. The van der Waals surface area contributed by atoms with Gasteiger partial charge in [0.05, 0.1) is 5.69 Å². The maximum atomic E-state index is 13.6. The fourth-order valence-corrected chi connectivity index (χ4v) is 2.50. The molecule has 1 aliphatic rings. The highest BCUT2D eigenvalue weighted by Gasteiger charge is 2.41. The third-order valence-electron chi connectivity index (χ3n) is 3.49. The molecule has 0 radical (unpaired) electrons. The van der Waals surface area contributed by atoms with Gasteiger partial charge >= 0.3 is 0 Å². The number of nitrogens with zero attached hydrogens (tertiary/aromatic N) is 2. The van der Waals surface area contributed by atoms with E-state index in [0.717, 1.165) is 17.8 Å². The SMILES string of the molecule is Cc1cccnc1NC(=S)NC1CC1c1ncccc1F. The van der Waals surface area contributed by atoms with Crippen molar-refractivity contribution in [3.8, 4) is 0 Å².